The summed E-state index contributed by atoms with van der Waals surface area (Å²) in [5.74, 6) is -0.638. The molecular weight excluding hydrogens is 360 g/mol. The van der Waals surface area contributed by atoms with Crippen LogP contribution in [0, 0.1) is 4.77 Å². The molecule has 1 heterocycles. The fraction of sp³-hybridized carbons (Fsp3) is 0.150. The number of aromatic nitrogens is 2. The van der Waals surface area contributed by atoms with E-state index in [1.54, 1.807) is 17.7 Å². The lowest BCUT2D eigenvalue weighted by Gasteiger charge is -2.15. The summed E-state index contributed by atoms with van der Waals surface area (Å²) in [5, 5.41) is 5.54. The van der Waals surface area contributed by atoms with Gasteiger partial charge >= 0.3 is 0 Å². The van der Waals surface area contributed by atoms with Crippen molar-refractivity contribution in [3.05, 3.63) is 82.9 Å². The summed E-state index contributed by atoms with van der Waals surface area (Å²) in [6.45, 7) is 2.05. The Hall–Kier alpha value is -3.19. The quantitative estimate of drug-likeness (QED) is 0.575. The van der Waals surface area contributed by atoms with Crippen molar-refractivity contribution in [3.63, 3.8) is 0 Å². The van der Waals surface area contributed by atoms with E-state index in [2.05, 4.69) is 15.6 Å². The van der Waals surface area contributed by atoms with Gasteiger partial charge in [-0.2, -0.15) is 0 Å². The lowest BCUT2D eigenvalue weighted by molar-refractivity contribution is -0.122. The van der Waals surface area contributed by atoms with Crippen molar-refractivity contribution in [2.45, 2.75) is 19.5 Å². The third-order valence-electron chi connectivity index (χ3n) is 4.07. The molecule has 2 aromatic carbocycles. The fourth-order valence-corrected chi connectivity index (χ4v) is 2.91. The number of carbonyl (C=O) groups is 2. The van der Waals surface area contributed by atoms with Crippen LogP contribution in [-0.2, 0) is 11.3 Å². The normalized spacial score (nSPS) is 11.6. The highest BCUT2D eigenvalue weighted by Gasteiger charge is 2.20. The number of carbonyl (C=O) groups excluding carboxylic acids is 2. The smallest absolute Gasteiger partial charge is 0.270 e. The highest BCUT2D eigenvalue weighted by atomic mass is 32.1. The van der Waals surface area contributed by atoms with E-state index in [4.69, 9.17) is 12.2 Å². The molecule has 2 amide bonds. The third-order valence-corrected chi connectivity index (χ3v) is 4.37. The summed E-state index contributed by atoms with van der Waals surface area (Å²) in [5.41, 5.74) is 2.11. The van der Waals surface area contributed by atoms with Crippen molar-refractivity contribution in [3.8, 4) is 5.69 Å². The zero-order chi connectivity index (χ0) is 19.2. The first-order valence-corrected chi connectivity index (χ1v) is 8.95. The van der Waals surface area contributed by atoms with Gasteiger partial charge in [0.15, 0.2) is 4.77 Å². The molecule has 3 aromatic rings. The van der Waals surface area contributed by atoms with Gasteiger partial charge in [0.25, 0.3) is 5.91 Å². The second kappa shape index (κ2) is 8.46. The van der Waals surface area contributed by atoms with Crippen LogP contribution in [0.15, 0.2) is 66.9 Å². The molecule has 0 fully saturated rings. The molecule has 138 valence electrons. The molecule has 3 rings (SSSR count). The summed E-state index contributed by atoms with van der Waals surface area (Å²) in [4.78, 5) is 27.8. The van der Waals surface area contributed by atoms with E-state index in [0.717, 1.165) is 11.3 Å². The fourth-order valence-electron chi connectivity index (χ4n) is 2.64. The maximum atomic E-state index is 12.7. The molecule has 0 bridgehead atoms. The number of hydrogen-bond acceptors (Lipinski definition) is 3. The first-order valence-electron chi connectivity index (χ1n) is 8.54. The largest absolute Gasteiger partial charge is 0.350 e. The van der Waals surface area contributed by atoms with Gasteiger partial charge < -0.3 is 15.6 Å². The number of imidazole rings is 1. The number of para-hydroxylation sites is 1. The Balaban J connectivity index is 1.67. The first kappa shape index (κ1) is 18.6. The number of H-pyrrole nitrogens is 1. The van der Waals surface area contributed by atoms with Crippen LogP contribution in [0.5, 0.6) is 0 Å². The Labute approximate surface area is 162 Å². The molecule has 1 aromatic heterocycles. The van der Waals surface area contributed by atoms with Gasteiger partial charge in [0.2, 0.25) is 5.91 Å². The molecule has 0 aliphatic rings. The van der Waals surface area contributed by atoms with Gasteiger partial charge in [-0.15, -0.1) is 0 Å². The molecule has 3 N–H and O–H groups in total. The SMILES string of the molecule is CC(NC(=O)c1c[nH]c(=S)n1-c1ccccc1)C(=O)NCc1ccccc1. The molecule has 0 aliphatic carbocycles. The zero-order valence-electron chi connectivity index (χ0n) is 14.8. The van der Waals surface area contributed by atoms with Gasteiger partial charge in [0, 0.05) is 18.4 Å². The van der Waals surface area contributed by atoms with Crippen molar-refractivity contribution < 1.29 is 9.59 Å². The van der Waals surface area contributed by atoms with E-state index >= 15 is 0 Å². The minimum absolute atomic E-state index is 0.257. The average Bonchev–Trinajstić information content (AvgIpc) is 3.09. The molecule has 1 unspecified atom stereocenters. The van der Waals surface area contributed by atoms with Crippen molar-refractivity contribution in [1.82, 2.24) is 20.2 Å². The minimum Gasteiger partial charge on any atom is -0.350 e. The molecule has 27 heavy (non-hydrogen) atoms. The number of nitrogens with one attached hydrogen (secondary N) is 3. The molecule has 0 radical (unpaired) electrons. The Kier molecular flexibility index (Phi) is 5.83. The monoisotopic (exact) mass is 380 g/mol. The van der Waals surface area contributed by atoms with Crippen molar-refractivity contribution in [1.29, 1.82) is 0 Å². The zero-order valence-corrected chi connectivity index (χ0v) is 15.6. The molecule has 6 nitrogen and oxygen atoms in total. The van der Waals surface area contributed by atoms with E-state index in [1.807, 2.05) is 60.7 Å². The van der Waals surface area contributed by atoms with Crippen molar-refractivity contribution in [2.24, 2.45) is 0 Å². The maximum absolute atomic E-state index is 12.7. The van der Waals surface area contributed by atoms with Crippen LogP contribution in [0.2, 0.25) is 0 Å². The molecule has 0 aliphatic heterocycles. The third kappa shape index (κ3) is 4.51. The first-order chi connectivity index (χ1) is 13.1. The summed E-state index contributed by atoms with van der Waals surface area (Å²) in [6, 6.07) is 18.2. The Morgan fingerprint density at radius 3 is 2.37 bits per heavy atom. The second-order valence-corrected chi connectivity index (χ2v) is 6.44. The number of aromatic amines is 1. The molecule has 0 spiro atoms. The number of rotatable bonds is 6. The standard InChI is InChI=1S/C20H20N4O2S/c1-14(18(25)21-12-15-8-4-2-5-9-15)23-19(26)17-13-22-20(27)24(17)16-10-6-3-7-11-16/h2-11,13-14H,12H2,1H3,(H,21,25)(H,22,27)(H,23,26). The lowest BCUT2D eigenvalue weighted by Crippen LogP contribution is -2.45. The molecule has 0 saturated heterocycles. The maximum Gasteiger partial charge on any atom is 0.270 e. The lowest BCUT2D eigenvalue weighted by atomic mass is 10.2. The van der Waals surface area contributed by atoms with E-state index < -0.39 is 6.04 Å². The number of hydrogen-bond donors (Lipinski definition) is 3. The van der Waals surface area contributed by atoms with Gasteiger partial charge in [-0.25, -0.2) is 0 Å². The summed E-state index contributed by atoms with van der Waals surface area (Å²) < 4.78 is 2.05. The van der Waals surface area contributed by atoms with Crippen LogP contribution in [0.3, 0.4) is 0 Å². The van der Waals surface area contributed by atoms with Crippen LogP contribution in [0.25, 0.3) is 5.69 Å². The molecule has 7 heteroatoms. The summed E-state index contributed by atoms with van der Waals surface area (Å²) in [7, 11) is 0. The van der Waals surface area contributed by atoms with Crippen LogP contribution < -0.4 is 10.6 Å². The van der Waals surface area contributed by atoms with E-state index in [1.165, 1.54) is 0 Å². The van der Waals surface area contributed by atoms with E-state index in [0.29, 0.717) is 17.0 Å². The van der Waals surface area contributed by atoms with Crippen LogP contribution in [0.4, 0.5) is 0 Å². The predicted octanol–water partition coefficient (Wildman–Crippen LogP) is 2.97. The van der Waals surface area contributed by atoms with Crippen molar-refractivity contribution in [2.75, 3.05) is 0 Å². The Morgan fingerprint density at radius 1 is 1.07 bits per heavy atom. The topological polar surface area (TPSA) is 78.9 Å². The van der Waals surface area contributed by atoms with Gasteiger partial charge in [-0.3, -0.25) is 14.2 Å². The van der Waals surface area contributed by atoms with E-state index in [9.17, 15) is 9.59 Å². The van der Waals surface area contributed by atoms with Crippen LogP contribution in [0.1, 0.15) is 23.0 Å². The number of nitrogens with zero attached hydrogens (tertiary/aromatic N) is 1. The Morgan fingerprint density at radius 2 is 1.70 bits per heavy atom. The van der Waals surface area contributed by atoms with Crippen LogP contribution in [-0.4, -0.2) is 27.4 Å². The van der Waals surface area contributed by atoms with Crippen molar-refractivity contribution >= 4 is 24.0 Å². The molecule has 1 atom stereocenters. The predicted molar refractivity (Wildman–Crippen MR) is 106 cm³/mol. The van der Waals surface area contributed by atoms with Gasteiger partial charge in [-0.1, -0.05) is 48.5 Å². The average molecular weight is 380 g/mol. The second-order valence-electron chi connectivity index (χ2n) is 6.05. The highest BCUT2D eigenvalue weighted by Crippen LogP contribution is 2.12. The Bertz CT molecular complexity index is 980. The number of benzene rings is 2. The van der Waals surface area contributed by atoms with Gasteiger partial charge in [0.05, 0.1) is 0 Å². The minimum atomic E-state index is -0.686. The summed E-state index contributed by atoms with van der Waals surface area (Å²) in [6.07, 6.45) is 1.54. The number of amides is 2. The molecule has 0 saturated carbocycles. The molecular formula is C20H20N4O2S. The van der Waals surface area contributed by atoms with Gasteiger partial charge in [-0.05, 0) is 36.8 Å². The van der Waals surface area contributed by atoms with Crippen LogP contribution >= 0.6 is 12.2 Å². The highest BCUT2D eigenvalue weighted by molar-refractivity contribution is 7.71. The summed E-state index contributed by atoms with van der Waals surface area (Å²) >= 11 is 5.28. The van der Waals surface area contributed by atoms with Gasteiger partial charge in [0.1, 0.15) is 11.7 Å². The van der Waals surface area contributed by atoms with E-state index in [-0.39, 0.29) is 11.8 Å².